The second-order valence-electron chi connectivity index (χ2n) is 4.57. The highest BCUT2D eigenvalue weighted by molar-refractivity contribution is 7.93. The van der Waals surface area contributed by atoms with Crippen LogP contribution in [-0.2, 0) is 19.9 Å². The van der Waals surface area contributed by atoms with Crippen molar-refractivity contribution < 1.29 is 16.8 Å². The van der Waals surface area contributed by atoms with E-state index in [0.717, 1.165) is 17.9 Å². The first-order valence-corrected chi connectivity index (χ1v) is 9.31. The number of pyridine rings is 1. The van der Waals surface area contributed by atoms with Crippen molar-refractivity contribution >= 4 is 25.7 Å². The van der Waals surface area contributed by atoms with Crippen LogP contribution in [0.2, 0.25) is 0 Å². The molecule has 0 saturated carbocycles. The number of hydrogen-bond donors (Lipinski definition) is 1. The van der Waals surface area contributed by atoms with Crippen molar-refractivity contribution in [3.8, 4) is 0 Å². The normalized spacial score (nSPS) is 12.1. The maximum Gasteiger partial charge on any atom is 0.263 e. The molecule has 1 N–H and O–H groups in total. The van der Waals surface area contributed by atoms with Gasteiger partial charge in [0, 0.05) is 12.5 Å². The SMILES string of the molecule is Cc1ccnc(NS(=O)(=O)c2cccc(S(C)(=O)=O)c2)c1. The van der Waals surface area contributed by atoms with E-state index in [1.54, 1.807) is 12.1 Å². The number of aromatic nitrogens is 1. The summed E-state index contributed by atoms with van der Waals surface area (Å²) in [6.45, 7) is 1.81. The Morgan fingerprint density at radius 3 is 2.29 bits per heavy atom. The van der Waals surface area contributed by atoms with Gasteiger partial charge in [0.1, 0.15) is 5.82 Å². The summed E-state index contributed by atoms with van der Waals surface area (Å²) in [4.78, 5) is 3.73. The van der Waals surface area contributed by atoms with Gasteiger partial charge in [0.2, 0.25) is 0 Å². The summed E-state index contributed by atoms with van der Waals surface area (Å²) >= 11 is 0. The quantitative estimate of drug-likeness (QED) is 0.921. The zero-order valence-corrected chi connectivity index (χ0v) is 13.1. The third-order valence-electron chi connectivity index (χ3n) is 2.70. The van der Waals surface area contributed by atoms with Gasteiger partial charge in [0.25, 0.3) is 10.0 Å². The predicted molar refractivity (Wildman–Crippen MR) is 79.3 cm³/mol. The number of nitrogens with one attached hydrogen (secondary N) is 1. The first-order chi connectivity index (χ1) is 9.68. The van der Waals surface area contributed by atoms with Crippen LogP contribution in [0.1, 0.15) is 5.56 Å². The van der Waals surface area contributed by atoms with Gasteiger partial charge in [0.05, 0.1) is 9.79 Å². The Morgan fingerprint density at radius 2 is 1.67 bits per heavy atom. The van der Waals surface area contributed by atoms with Gasteiger partial charge in [-0.15, -0.1) is 0 Å². The molecule has 1 heterocycles. The van der Waals surface area contributed by atoms with E-state index < -0.39 is 19.9 Å². The fourth-order valence-corrected chi connectivity index (χ4v) is 3.45. The van der Waals surface area contributed by atoms with Crippen molar-refractivity contribution in [1.29, 1.82) is 0 Å². The van der Waals surface area contributed by atoms with Crippen molar-refractivity contribution in [2.75, 3.05) is 11.0 Å². The molecule has 0 aliphatic carbocycles. The summed E-state index contributed by atoms with van der Waals surface area (Å²) in [7, 11) is -7.36. The van der Waals surface area contributed by atoms with Crippen molar-refractivity contribution in [2.45, 2.75) is 16.7 Å². The molecule has 0 radical (unpaired) electrons. The molecular formula is C13H14N2O4S2. The summed E-state index contributed by atoms with van der Waals surface area (Å²) < 4.78 is 49.8. The lowest BCUT2D eigenvalue weighted by Gasteiger charge is -2.08. The second-order valence-corrected chi connectivity index (χ2v) is 8.27. The van der Waals surface area contributed by atoms with Crippen LogP contribution >= 0.6 is 0 Å². The Bertz CT molecular complexity index is 875. The third kappa shape index (κ3) is 3.79. The van der Waals surface area contributed by atoms with E-state index in [-0.39, 0.29) is 15.6 Å². The average Bonchev–Trinajstić information content (AvgIpc) is 2.37. The highest BCUT2D eigenvalue weighted by atomic mass is 32.2. The van der Waals surface area contributed by atoms with E-state index in [1.807, 2.05) is 6.92 Å². The van der Waals surface area contributed by atoms with Crippen molar-refractivity contribution in [2.24, 2.45) is 0 Å². The summed E-state index contributed by atoms with van der Waals surface area (Å²) in [5.74, 6) is 0.180. The highest BCUT2D eigenvalue weighted by Crippen LogP contribution is 2.18. The van der Waals surface area contributed by atoms with Crippen LogP contribution in [-0.4, -0.2) is 28.1 Å². The third-order valence-corrected chi connectivity index (χ3v) is 5.16. The summed E-state index contributed by atoms with van der Waals surface area (Å²) in [6, 6.07) is 8.49. The Hall–Kier alpha value is -1.93. The molecule has 112 valence electrons. The number of hydrogen-bond acceptors (Lipinski definition) is 5. The van der Waals surface area contributed by atoms with Crippen LogP contribution in [0.4, 0.5) is 5.82 Å². The lowest BCUT2D eigenvalue weighted by atomic mass is 10.3. The van der Waals surface area contributed by atoms with Crippen LogP contribution in [0, 0.1) is 6.92 Å². The monoisotopic (exact) mass is 326 g/mol. The van der Waals surface area contributed by atoms with Crippen LogP contribution in [0.15, 0.2) is 52.4 Å². The standard InChI is InChI=1S/C13H14N2O4S2/c1-10-6-7-14-13(8-10)15-21(18,19)12-5-3-4-11(9-12)20(2,16)17/h3-9H,1-2H3,(H,14,15). The first kappa shape index (κ1) is 15.5. The van der Waals surface area contributed by atoms with E-state index in [4.69, 9.17) is 0 Å². The maximum atomic E-state index is 12.2. The van der Waals surface area contributed by atoms with Crippen LogP contribution in [0.5, 0.6) is 0 Å². The second kappa shape index (κ2) is 5.45. The molecule has 0 atom stereocenters. The van der Waals surface area contributed by atoms with Gasteiger partial charge in [-0.2, -0.15) is 0 Å². The molecule has 8 heteroatoms. The molecule has 0 spiro atoms. The largest absolute Gasteiger partial charge is 0.263 e. The molecule has 21 heavy (non-hydrogen) atoms. The summed E-state index contributed by atoms with van der Waals surface area (Å²) in [6.07, 6.45) is 2.51. The molecule has 0 aliphatic rings. The summed E-state index contributed by atoms with van der Waals surface area (Å²) in [5.41, 5.74) is 0.854. The van der Waals surface area contributed by atoms with Crippen molar-refractivity contribution in [3.05, 3.63) is 48.2 Å². The van der Waals surface area contributed by atoms with Gasteiger partial charge >= 0.3 is 0 Å². The molecule has 0 fully saturated rings. The van der Waals surface area contributed by atoms with E-state index in [9.17, 15) is 16.8 Å². The van der Waals surface area contributed by atoms with E-state index in [1.165, 1.54) is 24.4 Å². The van der Waals surface area contributed by atoms with Crippen molar-refractivity contribution in [1.82, 2.24) is 4.98 Å². The topological polar surface area (TPSA) is 93.2 Å². The number of benzene rings is 1. The summed E-state index contributed by atoms with van der Waals surface area (Å²) in [5, 5.41) is 0. The van der Waals surface area contributed by atoms with Crippen molar-refractivity contribution in [3.63, 3.8) is 0 Å². The molecule has 1 aromatic heterocycles. The minimum Gasteiger partial charge on any atom is -0.263 e. The Labute approximate surface area is 123 Å². The van der Waals surface area contributed by atoms with Crippen LogP contribution in [0.25, 0.3) is 0 Å². The molecule has 0 bridgehead atoms. The average molecular weight is 326 g/mol. The molecule has 0 unspecified atom stereocenters. The van der Waals surface area contributed by atoms with Gasteiger partial charge in [-0.3, -0.25) is 4.72 Å². The Kier molecular flexibility index (Phi) is 4.02. The molecule has 0 saturated heterocycles. The molecule has 0 aliphatic heterocycles. The molecule has 2 aromatic rings. The minimum atomic E-state index is -3.89. The molecule has 1 aromatic carbocycles. The zero-order valence-electron chi connectivity index (χ0n) is 11.4. The van der Waals surface area contributed by atoms with Gasteiger partial charge in [-0.25, -0.2) is 21.8 Å². The molecular weight excluding hydrogens is 312 g/mol. The Morgan fingerprint density at radius 1 is 1.00 bits per heavy atom. The highest BCUT2D eigenvalue weighted by Gasteiger charge is 2.17. The van der Waals surface area contributed by atoms with E-state index in [0.29, 0.717) is 0 Å². The number of rotatable bonds is 4. The van der Waals surface area contributed by atoms with Gasteiger partial charge in [-0.05, 0) is 42.8 Å². The number of nitrogens with zero attached hydrogens (tertiary/aromatic N) is 1. The van der Waals surface area contributed by atoms with E-state index in [2.05, 4.69) is 9.71 Å². The van der Waals surface area contributed by atoms with E-state index >= 15 is 0 Å². The Balaban J connectivity index is 2.41. The lowest BCUT2D eigenvalue weighted by molar-refractivity contribution is 0.599. The number of sulfonamides is 1. The zero-order chi connectivity index (χ0) is 15.7. The maximum absolute atomic E-state index is 12.2. The molecule has 6 nitrogen and oxygen atoms in total. The fourth-order valence-electron chi connectivity index (χ4n) is 1.66. The van der Waals surface area contributed by atoms with Gasteiger partial charge < -0.3 is 0 Å². The smallest absolute Gasteiger partial charge is 0.263 e. The number of sulfone groups is 1. The minimum absolute atomic E-state index is 0.0532. The number of anilines is 1. The molecule has 2 rings (SSSR count). The van der Waals surface area contributed by atoms with Crippen LogP contribution < -0.4 is 4.72 Å². The van der Waals surface area contributed by atoms with Gasteiger partial charge in [-0.1, -0.05) is 6.07 Å². The van der Waals surface area contributed by atoms with Gasteiger partial charge in [0.15, 0.2) is 9.84 Å². The fraction of sp³-hybridized carbons (Fsp3) is 0.154. The number of aryl methyl sites for hydroxylation is 1. The molecule has 0 amide bonds. The predicted octanol–water partition coefficient (Wildman–Crippen LogP) is 1.59. The first-order valence-electron chi connectivity index (χ1n) is 5.94. The van der Waals surface area contributed by atoms with Crippen LogP contribution in [0.3, 0.4) is 0 Å². The lowest BCUT2D eigenvalue weighted by Crippen LogP contribution is -2.14.